The van der Waals surface area contributed by atoms with Crippen LogP contribution in [0.25, 0.3) is 22.2 Å². The van der Waals surface area contributed by atoms with Gasteiger partial charge in [-0.05, 0) is 108 Å². The second-order valence-corrected chi connectivity index (χ2v) is 13.4. The van der Waals surface area contributed by atoms with Crippen molar-refractivity contribution >= 4 is 40.0 Å². The highest BCUT2D eigenvalue weighted by Gasteiger charge is 2.23. The fourth-order valence-electron chi connectivity index (χ4n) is 4.94. The molecule has 0 unspecified atom stereocenters. The summed E-state index contributed by atoms with van der Waals surface area (Å²) in [5.74, 6) is 1.55. The summed E-state index contributed by atoms with van der Waals surface area (Å²) in [4.78, 5) is 18.5. The van der Waals surface area contributed by atoms with Crippen molar-refractivity contribution in [3.63, 3.8) is 0 Å². The number of aromatic nitrogens is 1. The van der Waals surface area contributed by atoms with Gasteiger partial charge in [0.2, 0.25) is 0 Å². The molecule has 0 fully saturated rings. The van der Waals surface area contributed by atoms with Crippen LogP contribution >= 0.6 is 23.2 Å². The van der Waals surface area contributed by atoms with Gasteiger partial charge in [0.25, 0.3) is 5.91 Å². The van der Waals surface area contributed by atoms with Crippen LogP contribution in [0.1, 0.15) is 88.7 Å². The van der Waals surface area contributed by atoms with Crippen molar-refractivity contribution in [1.82, 2.24) is 10.3 Å². The molecule has 4 aromatic rings. The molecule has 0 radical (unpaired) electrons. The Kier molecular flexibility index (Phi) is 10.9. The lowest BCUT2D eigenvalue weighted by molar-refractivity contribution is 0.0942. The van der Waals surface area contributed by atoms with Gasteiger partial charge >= 0.3 is 0 Å². The summed E-state index contributed by atoms with van der Waals surface area (Å²) in [5.41, 5.74) is 4.14. The topological polar surface area (TPSA) is 60.5 Å². The molecule has 1 heterocycles. The van der Waals surface area contributed by atoms with Crippen molar-refractivity contribution in [3.05, 3.63) is 87.4 Å². The van der Waals surface area contributed by atoms with Crippen LogP contribution in [0.3, 0.4) is 0 Å². The largest absolute Gasteiger partial charge is 0.488 e. The van der Waals surface area contributed by atoms with Gasteiger partial charge in [0.05, 0.1) is 21.8 Å². The van der Waals surface area contributed by atoms with Gasteiger partial charge < -0.3 is 14.8 Å². The number of halogens is 2. The molecule has 0 aliphatic carbocycles. The predicted molar refractivity (Wildman–Crippen MR) is 184 cm³/mol. The number of para-hydroxylation sites is 1. The number of nitrogens with one attached hydrogen (secondary N) is 1. The molecule has 3 aromatic carbocycles. The minimum atomic E-state index is -0.290. The number of fused-ring (bicyclic) bond motifs is 1. The first kappa shape index (κ1) is 33.6. The van der Waals surface area contributed by atoms with E-state index in [1.54, 1.807) is 12.1 Å². The van der Waals surface area contributed by atoms with Gasteiger partial charge in [-0.3, -0.25) is 4.79 Å². The molecule has 1 N–H and O–H groups in total. The summed E-state index contributed by atoms with van der Waals surface area (Å²) in [7, 11) is 0. The highest BCUT2D eigenvalue weighted by atomic mass is 35.5. The quantitative estimate of drug-likeness (QED) is 0.149. The minimum Gasteiger partial charge on any atom is -0.488 e. The number of benzene rings is 3. The van der Waals surface area contributed by atoms with E-state index in [1.165, 1.54) is 0 Å². The molecule has 44 heavy (non-hydrogen) atoms. The van der Waals surface area contributed by atoms with E-state index in [0.29, 0.717) is 27.8 Å². The molecule has 5 nitrogen and oxygen atoms in total. The number of ether oxygens (including phenoxy) is 2. The van der Waals surface area contributed by atoms with Crippen molar-refractivity contribution in [2.24, 2.45) is 0 Å². The fraction of sp³-hybridized carbons (Fsp3) is 0.405. The maximum Gasteiger partial charge on any atom is 0.252 e. The lowest BCUT2D eigenvalue weighted by Crippen LogP contribution is -2.28. The number of pyridine rings is 1. The first-order valence-corrected chi connectivity index (χ1v) is 16.2. The van der Waals surface area contributed by atoms with Crippen molar-refractivity contribution in [3.8, 4) is 22.8 Å². The highest BCUT2D eigenvalue weighted by Crippen LogP contribution is 2.35. The lowest BCUT2D eigenvalue weighted by Gasteiger charge is -2.29. The van der Waals surface area contributed by atoms with Gasteiger partial charge in [-0.2, -0.15) is 0 Å². The molecule has 0 bridgehead atoms. The van der Waals surface area contributed by atoms with E-state index in [-0.39, 0.29) is 17.1 Å². The molecular weight excluding hydrogens is 591 g/mol. The summed E-state index contributed by atoms with van der Waals surface area (Å²) >= 11 is 12.7. The Morgan fingerprint density at radius 1 is 0.886 bits per heavy atom. The van der Waals surface area contributed by atoms with E-state index in [1.807, 2.05) is 49.4 Å². The van der Waals surface area contributed by atoms with E-state index in [2.05, 4.69) is 52.9 Å². The molecule has 4 rings (SSSR count). The number of carbonyl (C=O) groups excluding carboxylic acids is 1. The molecular formula is C37H44Cl2N2O3. The summed E-state index contributed by atoms with van der Waals surface area (Å²) in [6, 6.07) is 19.2. The van der Waals surface area contributed by atoms with Gasteiger partial charge in [0, 0.05) is 28.6 Å². The zero-order chi connectivity index (χ0) is 32.1. The van der Waals surface area contributed by atoms with Gasteiger partial charge in [0.1, 0.15) is 22.7 Å². The van der Waals surface area contributed by atoms with E-state index in [9.17, 15) is 4.79 Å². The molecule has 234 valence electrons. The Balaban J connectivity index is 1.47. The molecule has 0 aliphatic rings. The number of amides is 1. The van der Waals surface area contributed by atoms with Crippen LogP contribution in [-0.4, -0.2) is 28.6 Å². The molecule has 0 saturated carbocycles. The normalized spacial score (nSPS) is 11.9. The number of aryl methyl sites for hydroxylation is 1. The summed E-state index contributed by atoms with van der Waals surface area (Å²) < 4.78 is 12.7. The Labute approximate surface area is 272 Å². The van der Waals surface area contributed by atoms with E-state index in [4.69, 9.17) is 37.7 Å². The van der Waals surface area contributed by atoms with Crippen LogP contribution in [0, 0.1) is 6.92 Å². The van der Waals surface area contributed by atoms with Crippen LogP contribution in [0.4, 0.5) is 0 Å². The summed E-state index contributed by atoms with van der Waals surface area (Å²) in [5, 5.41) is 5.01. The van der Waals surface area contributed by atoms with Crippen LogP contribution in [0.5, 0.6) is 11.5 Å². The maximum atomic E-state index is 13.6. The van der Waals surface area contributed by atoms with Crippen LogP contribution in [0.15, 0.2) is 60.7 Å². The van der Waals surface area contributed by atoms with Crippen LogP contribution < -0.4 is 14.8 Å². The average Bonchev–Trinajstić information content (AvgIpc) is 2.97. The zero-order valence-corrected chi connectivity index (χ0v) is 28.5. The number of hydrogen-bond donors (Lipinski definition) is 1. The zero-order valence-electron chi connectivity index (χ0n) is 26.9. The SMILES string of the molecule is CCC(C)(C)Oc1ccc(CCCCNC(=O)c2c(C)c(-c3ccc(Cl)cc3Cl)nc3ccccc23)c(OC(C)(C)CC)c1. The molecule has 0 aliphatic heterocycles. The third-order valence-corrected chi connectivity index (χ3v) is 8.78. The van der Waals surface area contributed by atoms with Crippen LogP contribution in [-0.2, 0) is 6.42 Å². The second-order valence-electron chi connectivity index (χ2n) is 12.5. The summed E-state index contributed by atoms with van der Waals surface area (Å²) in [6.07, 6.45) is 4.34. The van der Waals surface area contributed by atoms with E-state index >= 15 is 0 Å². The Bertz CT molecular complexity index is 1630. The second kappa shape index (κ2) is 14.2. The smallest absolute Gasteiger partial charge is 0.252 e. The molecule has 0 saturated heterocycles. The van der Waals surface area contributed by atoms with Gasteiger partial charge in [-0.15, -0.1) is 0 Å². The highest BCUT2D eigenvalue weighted by molar-refractivity contribution is 6.36. The van der Waals surface area contributed by atoms with Crippen molar-refractivity contribution in [2.45, 2.75) is 91.8 Å². The Morgan fingerprint density at radius 2 is 1.59 bits per heavy atom. The maximum absolute atomic E-state index is 13.6. The lowest BCUT2D eigenvalue weighted by atomic mass is 9.97. The number of unbranched alkanes of at least 4 members (excludes halogenated alkanes) is 1. The Hall–Kier alpha value is -3.28. The third kappa shape index (κ3) is 8.25. The first-order chi connectivity index (χ1) is 20.8. The van der Waals surface area contributed by atoms with Gasteiger partial charge in [-0.1, -0.05) is 61.3 Å². The molecule has 0 spiro atoms. The van der Waals surface area contributed by atoms with E-state index in [0.717, 1.165) is 71.2 Å². The number of carbonyl (C=O) groups is 1. The summed E-state index contributed by atoms with van der Waals surface area (Å²) in [6.45, 7) is 15.1. The Morgan fingerprint density at radius 3 is 2.30 bits per heavy atom. The molecule has 7 heteroatoms. The molecule has 0 atom stereocenters. The third-order valence-electron chi connectivity index (χ3n) is 8.23. The van der Waals surface area contributed by atoms with Crippen molar-refractivity contribution < 1.29 is 14.3 Å². The molecule has 1 aromatic heterocycles. The van der Waals surface area contributed by atoms with Crippen molar-refractivity contribution in [1.29, 1.82) is 0 Å². The number of hydrogen-bond acceptors (Lipinski definition) is 4. The minimum absolute atomic E-state index is 0.124. The fourth-order valence-corrected chi connectivity index (χ4v) is 5.43. The number of rotatable bonds is 13. The monoisotopic (exact) mass is 634 g/mol. The first-order valence-electron chi connectivity index (χ1n) is 15.5. The van der Waals surface area contributed by atoms with Crippen molar-refractivity contribution in [2.75, 3.05) is 6.54 Å². The van der Waals surface area contributed by atoms with E-state index < -0.39 is 0 Å². The van der Waals surface area contributed by atoms with Gasteiger partial charge in [0.15, 0.2) is 0 Å². The standard InChI is InChI=1S/C37H44Cl2N2O3/c1-8-36(4,5)43-27-19-17-25(32(23-27)44-37(6,7)9-2)14-12-13-21-40-35(42)33-24(3)34(28-20-18-26(38)22-30(28)39)41-31-16-11-10-15-29(31)33/h10-11,15-20,22-23H,8-9,12-14,21H2,1-7H3,(H,40,42). The molecule has 1 amide bonds. The van der Waals surface area contributed by atoms with Gasteiger partial charge in [-0.25, -0.2) is 4.98 Å². The van der Waals surface area contributed by atoms with Crippen LogP contribution in [0.2, 0.25) is 10.0 Å². The predicted octanol–water partition coefficient (Wildman–Crippen LogP) is 10.4. The average molecular weight is 636 g/mol. The number of nitrogens with zero attached hydrogens (tertiary/aromatic N) is 1.